The van der Waals surface area contributed by atoms with Crippen molar-refractivity contribution in [2.45, 2.75) is 45.8 Å². The van der Waals surface area contributed by atoms with Gasteiger partial charge in [0.1, 0.15) is 17.6 Å². The zero-order valence-electron chi connectivity index (χ0n) is 20.1. The van der Waals surface area contributed by atoms with Crippen molar-refractivity contribution in [2.75, 3.05) is 6.61 Å². The molecule has 1 N–H and O–H groups in total. The average Bonchev–Trinajstić information content (AvgIpc) is 2.83. The molecule has 1 atom stereocenters. The molecule has 0 heterocycles. The lowest BCUT2D eigenvalue weighted by Crippen LogP contribution is -2.53. The number of carbonyl (C=O) groups excluding carboxylic acids is 2. The van der Waals surface area contributed by atoms with Gasteiger partial charge in [-0.25, -0.2) is 4.39 Å². The van der Waals surface area contributed by atoms with Crippen LogP contribution in [-0.2, 0) is 22.6 Å². The van der Waals surface area contributed by atoms with Crippen LogP contribution in [0.5, 0.6) is 5.75 Å². The summed E-state index contributed by atoms with van der Waals surface area (Å²) in [6, 6.07) is 19.8. The number of rotatable bonds is 10. The van der Waals surface area contributed by atoms with Crippen molar-refractivity contribution in [2.24, 2.45) is 0 Å². The van der Waals surface area contributed by atoms with Crippen molar-refractivity contribution in [3.05, 3.63) is 100 Å². The summed E-state index contributed by atoms with van der Waals surface area (Å²) in [7, 11) is 0. The van der Waals surface area contributed by atoms with Gasteiger partial charge < -0.3 is 15.0 Å². The number of aryl methyl sites for hydroxylation is 1. The summed E-state index contributed by atoms with van der Waals surface area (Å²) in [4.78, 5) is 28.2. The molecule has 0 radical (unpaired) electrons. The molecule has 0 aliphatic heterocycles. The molecular weight excluding hydrogens is 467 g/mol. The van der Waals surface area contributed by atoms with Gasteiger partial charge in [0.25, 0.3) is 5.91 Å². The molecule has 0 unspecified atom stereocenters. The fraction of sp³-hybridized carbons (Fsp3) is 0.286. The van der Waals surface area contributed by atoms with E-state index in [9.17, 15) is 14.0 Å². The second-order valence-corrected chi connectivity index (χ2v) is 9.09. The first-order valence-corrected chi connectivity index (χ1v) is 11.9. The van der Waals surface area contributed by atoms with Crippen molar-refractivity contribution in [3.8, 4) is 5.75 Å². The predicted molar refractivity (Wildman–Crippen MR) is 136 cm³/mol. The number of nitrogens with zero attached hydrogens (tertiary/aromatic N) is 1. The molecule has 0 bridgehead atoms. The number of halogens is 2. The average molecular weight is 497 g/mol. The third kappa shape index (κ3) is 7.55. The Bertz CT molecular complexity index is 1150. The van der Waals surface area contributed by atoms with Gasteiger partial charge in [-0.2, -0.15) is 0 Å². The number of nitrogens with one attached hydrogen (secondary N) is 1. The Morgan fingerprint density at radius 1 is 1.03 bits per heavy atom. The third-order valence-corrected chi connectivity index (χ3v) is 5.92. The monoisotopic (exact) mass is 496 g/mol. The Morgan fingerprint density at radius 3 is 2.37 bits per heavy atom. The molecule has 7 heteroatoms. The Morgan fingerprint density at radius 2 is 1.71 bits per heavy atom. The van der Waals surface area contributed by atoms with Crippen molar-refractivity contribution in [1.29, 1.82) is 0 Å². The van der Waals surface area contributed by atoms with Gasteiger partial charge in [0.2, 0.25) is 5.91 Å². The first-order chi connectivity index (χ1) is 16.7. The quantitative estimate of drug-likeness (QED) is 0.412. The smallest absolute Gasteiger partial charge is 0.261 e. The van der Waals surface area contributed by atoms with E-state index < -0.39 is 17.8 Å². The van der Waals surface area contributed by atoms with E-state index in [2.05, 4.69) is 5.32 Å². The largest absolute Gasteiger partial charge is 0.484 e. The van der Waals surface area contributed by atoms with Gasteiger partial charge in [-0.1, -0.05) is 60.1 Å². The molecule has 0 aliphatic carbocycles. The van der Waals surface area contributed by atoms with Crippen molar-refractivity contribution < 1.29 is 18.7 Å². The minimum absolute atomic E-state index is 0.0719. The standard InChI is InChI=1S/C28H30ClFN2O3/c1-19(2)31-28(34)26(16-21-9-5-4-6-10-21)32(17-22-11-7-8-12-25(22)30)27(33)18-35-23-13-14-24(29)20(3)15-23/h4-15,19,26H,16-18H2,1-3H3,(H,31,34)/t26-/m1/s1. The maximum atomic E-state index is 14.6. The van der Waals surface area contributed by atoms with Gasteiger partial charge in [-0.3, -0.25) is 9.59 Å². The fourth-order valence-corrected chi connectivity index (χ4v) is 3.80. The first-order valence-electron chi connectivity index (χ1n) is 11.5. The van der Waals surface area contributed by atoms with Crippen LogP contribution in [0.1, 0.15) is 30.5 Å². The Labute approximate surface area is 210 Å². The molecule has 3 aromatic carbocycles. The van der Waals surface area contributed by atoms with Crippen molar-refractivity contribution in [1.82, 2.24) is 10.2 Å². The molecule has 3 aromatic rings. The van der Waals surface area contributed by atoms with Crippen LogP contribution in [0.2, 0.25) is 5.02 Å². The molecule has 2 amide bonds. The number of hydrogen-bond acceptors (Lipinski definition) is 3. The van der Waals surface area contributed by atoms with E-state index in [4.69, 9.17) is 16.3 Å². The highest BCUT2D eigenvalue weighted by molar-refractivity contribution is 6.31. The second kappa shape index (κ2) is 12.4. The van der Waals surface area contributed by atoms with Crippen LogP contribution >= 0.6 is 11.6 Å². The zero-order chi connectivity index (χ0) is 25.4. The lowest BCUT2D eigenvalue weighted by atomic mass is 10.0. The molecular formula is C28H30ClFN2O3. The summed E-state index contributed by atoms with van der Waals surface area (Å²) in [6.07, 6.45) is 0.277. The predicted octanol–water partition coefficient (Wildman–Crippen LogP) is 5.33. The molecule has 0 saturated heterocycles. The molecule has 5 nitrogen and oxygen atoms in total. The van der Waals surface area contributed by atoms with E-state index >= 15 is 0 Å². The first kappa shape index (κ1) is 26.2. The van der Waals surface area contributed by atoms with E-state index in [-0.39, 0.29) is 31.5 Å². The number of amides is 2. The van der Waals surface area contributed by atoms with Gasteiger partial charge in [0, 0.05) is 29.6 Å². The molecule has 0 fully saturated rings. The highest BCUT2D eigenvalue weighted by atomic mass is 35.5. The maximum Gasteiger partial charge on any atom is 0.261 e. The van der Waals surface area contributed by atoms with Gasteiger partial charge in [-0.15, -0.1) is 0 Å². The summed E-state index contributed by atoms with van der Waals surface area (Å²) < 4.78 is 20.3. The van der Waals surface area contributed by atoms with Crippen LogP contribution < -0.4 is 10.1 Å². The van der Waals surface area contributed by atoms with Crippen LogP contribution in [0, 0.1) is 12.7 Å². The topological polar surface area (TPSA) is 58.6 Å². The minimum atomic E-state index is -0.859. The van der Waals surface area contributed by atoms with Crippen molar-refractivity contribution >= 4 is 23.4 Å². The second-order valence-electron chi connectivity index (χ2n) is 8.68. The summed E-state index contributed by atoms with van der Waals surface area (Å²) >= 11 is 6.08. The van der Waals surface area contributed by atoms with Gasteiger partial charge in [0.15, 0.2) is 6.61 Å². The van der Waals surface area contributed by atoms with Gasteiger partial charge in [0.05, 0.1) is 0 Å². The van der Waals surface area contributed by atoms with Gasteiger partial charge in [-0.05, 0) is 56.2 Å². The molecule has 0 aromatic heterocycles. The Hall–Kier alpha value is -3.38. The third-order valence-electron chi connectivity index (χ3n) is 5.49. The van der Waals surface area contributed by atoms with E-state index in [0.717, 1.165) is 11.1 Å². The molecule has 35 heavy (non-hydrogen) atoms. The summed E-state index contributed by atoms with van der Waals surface area (Å²) in [5, 5.41) is 3.50. The number of hydrogen-bond donors (Lipinski definition) is 1. The molecule has 184 valence electrons. The Kier molecular flexibility index (Phi) is 9.26. The van der Waals surface area contributed by atoms with Gasteiger partial charge >= 0.3 is 0 Å². The lowest BCUT2D eigenvalue weighted by molar-refractivity contribution is -0.143. The van der Waals surface area contributed by atoms with Crippen LogP contribution in [-0.4, -0.2) is 35.4 Å². The minimum Gasteiger partial charge on any atom is -0.484 e. The van der Waals surface area contributed by atoms with E-state index in [1.165, 1.54) is 11.0 Å². The van der Waals surface area contributed by atoms with Crippen LogP contribution in [0.4, 0.5) is 4.39 Å². The summed E-state index contributed by atoms with van der Waals surface area (Å²) in [6.45, 7) is 5.17. The van der Waals surface area contributed by atoms with Crippen molar-refractivity contribution in [3.63, 3.8) is 0 Å². The number of benzene rings is 3. The highest BCUT2D eigenvalue weighted by Crippen LogP contribution is 2.22. The normalized spacial score (nSPS) is 11.7. The summed E-state index contributed by atoms with van der Waals surface area (Å²) in [5.41, 5.74) is 2.02. The fourth-order valence-electron chi connectivity index (χ4n) is 3.68. The Balaban J connectivity index is 1.92. The molecule has 0 spiro atoms. The lowest BCUT2D eigenvalue weighted by Gasteiger charge is -2.32. The van der Waals surface area contributed by atoms with E-state index in [1.807, 2.05) is 51.1 Å². The zero-order valence-corrected chi connectivity index (χ0v) is 20.9. The molecule has 0 saturated carbocycles. The van der Waals surface area contributed by atoms with E-state index in [0.29, 0.717) is 16.3 Å². The SMILES string of the molecule is Cc1cc(OCC(=O)N(Cc2ccccc2F)[C@H](Cc2ccccc2)C(=O)NC(C)C)ccc1Cl. The number of carbonyl (C=O) groups is 2. The summed E-state index contributed by atoms with van der Waals surface area (Å²) in [5.74, 6) is -0.698. The van der Waals surface area contributed by atoms with Crippen LogP contribution in [0.25, 0.3) is 0 Å². The molecule has 0 aliphatic rings. The highest BCUT2D eigenvalue weighted by Gasteiger charge is 2.31. The van der Waals surface area contributed by atoms with Crippen LogP contribution in [0.15, 0.2) is 72.8 Å². The molecule has 3 rings (SSSR count). The van der Waals surface area contributed by atoms with Crippen LogP contribution in [0.3, 0.4) is 0 Å². The van der Waals surface area contributed by atoms with E-state index in [1.54, 1.807) is 36.4 Å². The maximum absolute atomic E-state index is 14.6. The number of ether oxygens (including phenoxy) is 1.